The normalized spacial score (nSPS) is 45.0. The Morgan fingerprint density at radius 1 is 1.07 bits per heavy atom. The molecule has 0 radical (unpaired) electrons. The number of ether oxygens (including phenoxy) is 3. The second-order valence-corrected chi connectivity index (χ2v) is 3.17. The lowest BCUT2D eigenvalue weighted by atomic mass is 9.99. The standard InChI is InChI=1S/C7H12O6.C2H6/c8-4-5(9)7(10)13-3-1-11-2-12-6(3)4;1-2/h3-10H,1-2H2;1-2H3. The molecule has 2 aliphatic heterocycles. The van der Waals surface area contributed by atoms with E-state index in [2.05, 4.69) is 0 Å². The predicted molar refractivity (Wildman–Crippen MR) is 49.9 cm³/mol. The highest BCUT2D eigenvalue weighted by Gasteiger charge is 2.46. The first-order chi connectivity index (χ1) is 7.20. The predicted octanol–water partition coefficient (Wildman–Crippen LogP) is -1.18. The van der Waals surface area contributed by atoms with Crippen LogP contribution in [0.4, 0.5) is 0 Å². The van der Waals surface area contributed by atoms with Crippen LogP contribution in [0.1, 0.15) is 13.8 Å². The van der Waals surface area contributed by atoms with Crippen LogP contribution in [-0.2, 0) is 14.2 Å². The highest BCUT2D eigenvalue weighted by atomic mass is 16.7. The van der Waals surface area contributed by atoms with Gasteiger partial charge in [0.1, 0.15) is 31.2 Å². The van der Waals surface area contributed by atoms with Crippen LogP contribution >= 0.6 is 0 Å². The zero-order chi connectivity index (χ0) is 11.4. The number of hydrogen-bond donors (Lipinski definition) is 3. The molecule has 0 saturated carbocycles. The fourth-order valence-corrected chi connectivity index (χ4v) is 1.55. The minimum absolute atomic E-state index is 0.0738. The molecular weight excluding hydrogens is 204 g/mol. The summed E-state index contributed by atoms with van der Waals surface area (Å²) in [6.45, 7) is 4.33. The van der Waals surface area contributed by atoms with Gasteiger partial charge in [0.15, 0.2) is 6.29 Å². The zero-order valence-corrected chi connectivity index (χ0v) is 8.87. The van der Waals surface area contributed by atoms with Crippen molar-refractivity contribution in [1.29, 1.82) is 0 Å². The van der Waals surface area contributed by atoms with E-state index >= 15 is 0 Å². The third kappa shape index (κ3) is 2.66. The second-order valence-electron chi connectivity index (χ2n) is 3.17. The first-order valence-corrected chi connectivity index (χ1v) is 5.09. The molecule has 2 saturated heterocycles. The summed E-state index contributed by atoms with van der Waals surface area (Å²) in [5, 5.41) is 27.9. The Morgan fingerprint density at radius 2 is 1.73 bits per heavy atom. The lowest BCUT2D eigenvalue weighted by Crippen LogP contribution is -2.61. The lowest BCUT2D eigenvalue weighted by Gasteiger charge is -2.42. The van der Waals surface area contributed by atoms with E-state index in [9.17, 15) is 10.2 Å². The van der Waals surface area contributed by atoms with Gasteiger partial charge in [-0.15, -0.1) is 0 Å². The van der Waals surface area contributed by atoms with Crippen LogP contribution in [0.15, 0.2) is 0 Å². The minimum atomic E-state index is -1.37. The van der Waals surface area contributed by atoms with E-state index in [1.54, 1.807) is 0 Å². The van der Waals surface area contributed by atoms with Gasteiger partial charge in [0, 0.05) is 0 Å². The Bertz CT molecular complexity index is 185. The van der Waals surface area contributed by atoms with Gasteiger partial charge in [0.05, 0.1) is 6.61 Å². The van der Waals surface area contributed by atoms with Gasteiger partial charge >= 0.3 is 0 Å². The van der Waals surface area contributed by atoms with Crippen LogP contribution in [0.5, 0.6) is 0 Å². The van der Waals surface area contributed by atoms with Gasteiger partial charge in [-0.1, -0.05) is 13.8 Å². The molecule has 0 bridgehead atoms. The third-order valence-electron chi connectivity index (χ3n) is 2.29. The number of aliphatic hydroxyl groups excluding tert-OH is 3. The molecule has 5 unspecified atom stereocenters. The summed E-state index contributed by atoms with van der Waals surface area (Å²) in [7, 11) is 0. The Hall–Kier alpha value is -0.240. The summed E-state index contributed by atoms with van der Waals surface area (Å²) in [6.07, 6.45) is -4.95. The molecule has 0 aromatic heterocycles. The molecule has 2 aliphatic rings. The number of fused-ring (bicyclic) bond motifs is 1. The molecular formula is C9H18O6. The quantitative estimate of drug-likeness (QED) is 0.478. The van der Waals surface area contributed by atoms with Crippen LogP contribution < -0.4 is 0 Å². The molecule has 0 aromatic carbocycles. The van der Waals surface area contributed by atoms with Gasteiger partial charge in [-0.05, 0) is 0 Å². The molecule has 2 rings (SSSR count). The molecule has 0 aliphatic carbocycles. The van der Waals surface area contributed by atoms with Crippen molar-refractivity contribution in [3.05, 3.63) is 0 Å². The zero-order valence-electron chi connectivity index (χ0n) is 8.87. The van der Waals surface area contributed by atoms with Crippen molar-refractivity contribution in [3.8, 4) is 0 Å². The smallest absolute Gasteiger partial charge is 0.184 e. The van der Waals surface area contributed by atoms with Crippen molar-refractivity contribution in [1.82, 2.24) is 0 Å². The van der Waals surface area contributed by atoms with Crippen LogP contribution in [0.25, 0.3) is 0 Å². The molecule has 0 amide bonds. The molecule has 2 heterocycles. The molecule has 6 heteroatoms. The second kappa shape index (κ2) is 5.74. The van der Waals surface area contributed by atoms with Crippen molar-refractivity contribution >= 4 is 0 Å². The third-order valence-corrected chi connectivity index (χ3v) is 2.29. The first-order valence-electron chi connectivity index (χ1n) is 5.09. The molecule has 2 fully saturated rings. The van der Waals surface area contributed by atoms with Gasteiger partial charge in [0.2, 0.25) is 0 Å². The minimum Gasteiger partial charge on any atom is -0.387 e. The maximum Gasteiger partial charge on any atom is 0.184 e. The van der Waals surface area contributed by atoms with Gasteiger partial charge in [-0.3, -0.25) is 0 Å². The van der Waals surface area contributed by atoms with E-state index in [-0.39, 0.29) is 13.4 Å². The fourth-order valence-electron chi connectivity index (χ4n) is 1.55. The summed E-state index contributed by atoms with van der Waals surface area (Å²) in [6, 6.07) is 0. The molecule has 15 heavy (non-hydrogen) atoms. The highest BCUT2D eigenvalue weighted by molar-refractivity contribution is 4.90. The van der Waals surface area contributed by atoms with Crippen LogP contribution in [0.2, 0.25) is 0 Å². The van der Waals surface area contributed by atoms with Gasteiger partial charge in [0.25, 0.3) is 0 Å². The Morgan fingerprint density at radius 3 is 2.40 bits per heavy atom. The lowest BCUT2D eigenvalue weighted by molar-refractivity contribution is -0.329. The van der Waals surface area contributed by atoms with E-state index in [4.69, 9.17) is 19.3 Å². The topological polar surface area (TPSA) is 88.4 Å². The molecule has 3 N–H and O–H groups in total. The van der Waals surface area contributed by atoms with Gasteiger partial charge in [-0.2, -0.15) is 0 Å². The van der Waals surface area contributed by atoms with Gasteiger partial charge in [-0.25, -0.2) is 0 Å². The van der Waals surface area contributed by atoms with E-state index in [1.807, 2.05) is 13.8 Å². The molecule has 90 valence electrons. The Labute approximate surface area is 88.4 Å². The van der Waals surface area contributed by atoms with Crippen molar-refractivity contribution in [2.24, 2.45) is 0 Å². The van der Waals surface area contributed by atoms with E-state index in [0.717, 1.165) is 0 Å². The largest absolute Gasteiger partial charge is 0.387 e. The summed E-state index contributed by atoms with van der Waals surface area (Å²) in [5.74, 6) is 0. The average Bonchev–Trinajstić information content (AvgIpc) is 2.29. The van der Waals surface area contributed by atoms with Crippen LogP contribution in [0, 0.1) is 0 Å². The molecule has 5 atom stereocenters. The maximum absolute atomic E-state index is 9.47. The van der Waals surface area contributed by atoms with Gasteiger partial charge < -0.3 is 29.5 Å². The SMILES string of the molecule is CC.OC1OC2COCOC2C(O)C1O. The summed E-state index contributed by atoms with van der Waals surface area (Å²) in [4.78, 5) is 0. The number of rotatable bonds is 0. The summed E-state index contributed by atoms with van der Waals surface area (Å²) >= 11 is 0. The Kier molecular flexibility index (Phi) is 4.91. The van der Waals surface area contributed by atoms with Crippen LogP contribution in [0.3, 0.4) is 0 Å². The monoisotopic (exact) mass is 222 g/mol. The summed E-state index contributed by atoms with van der Waals surface area (Å²) in [5.41, 5.74) is 0. The van der Waals surface area contributed by atoms with E-state index < -0.39 is 30.7 Å². The molecule has 0 aromatic rings. The summed E-state index contributed by atoms with van der Waals surface area (Å²) < 4.78 is 14.9. The first kappa shape index (κ1) is 12.8. The van der Waals surface area contributed by atoms with Crippen molar-refractivity contribution in [2.75, 3.05) is 13.4 Å². The molecule has 6 nitrogen and oxygen atoms in total. The van der Waals surface area contributed by atoms with Crippen molar-refractivity contribution < 1.29 is 29.5 Å². The van der Waals surface area contributed by atoms with Crippen LogP contribution in [-0.4, -0.2) is 59.4 Å². The van der Waals surface area contributed by atoms with E-state index in [0.29, 0.717) is 0 Å². The van der Waals surface area contributed by atoms with Crippen molar-refractivity contribution in [2.45, 2.75) is 44.6 Å². The number of hydrogen-bond acceptors (Lipinski definition) is 6. The maximum atomic E-state index is 9.47. The molecule has 0 spiro atoms. The average molecular weight is 222 g/mol. The van der Waals surface area contributed by atoms with E-state index in [1.165, 1.54) is 0 Å². The fraction of sp³-hybridized carbons (Fsp3) is 1.00. The highest BCUT2D eigenvalue weighted by Crippen LogP contribution is 2.24. The number of aliphatic hydroxyl groups is 3. The van der Waals surface area contributed by atoms with Crippen molar-refractivity contribution in [3.63, 3.8) is 0 Å². The Balaban J connectivity index is 0.000000531.